The van der Waals surface area contributed by atoms with Crippen LogP contribution >= 0.6 is 11.8 Å². The first kappa shape index (κ1) is 11.8. The summed E-state index contributed by atoms with van der Waals surface area (Å²) in [6.45, 7) is 1.12. The minimum atomic E-state index is 0.623. The van der Waals surface area contributed by atoms with Gasteiger partial charge in [-0.3, -0.25) is 0 Å². The van der Waals surface area contributed by atoms with Gasteiger partial charge in [0.2, 0.25) is 0 Å². The summed E-state index contributed by atoms with van der Waals surface area (Å²) in [5.41, 5.74) is 1.04. The molecule has 1 saturated heterocycles. The fraction of sp³-hybridized carbons (Fsp3) is 0.429. The summed E-state index contributed by atoms with van der Waals surface area (Å²) in [5.74, 6) is 2.29. The number of thioether (sulfide) groups is 1. The third kappa shape index (κ3) is 2.05. The molecule has 4 heteroatoms. The van der Waals surface area contributed by atoms with Crippen LogP contribution in [-0.2, 0) is 0 Å². The predicted molar refractivity (Wildman–Crippen MR) is 78.3 cm³/mol. The highest BCUT2D eigenvalue weighted by Crippen LogP contribution is 2.30. The molecule has 2 heterocycles. The van der Waals surface area contributed by atoms with Crippen LogP contribution < -0.4 is 4.90 Å². The van der Waals surface area contributed by atoms with Crippen LogP contribution in [-0.4, -0.2) is 34.6 Å². The van der Waals surface area contributed by atoms with E-state index >= 15 is 0 Å². The molecule has 0 bridgehead atoms. The second kappa shape index (κ2) is 5.14. The van der Waals surface area contributed by atoms with Crippen LogP contribution in [0.4, 0.5) is 5.82 Å². The van der Waals surface area contributed by atoms with E-state index in [0.29, 0.717) is 6.04 Å². The number of aromatic nitrogens is 2. The summed E-state index contributed by atoms with van der Waals surface area (Å²) in [7, 11) is 0. The number of hydrogen-bond acceptors (Lipinski definition) is 4. The lowest BCUT2D eigenvalue weighted by Gasteiger charge is -2.26. The minimum Gasteiger partial charge on any atom is -0.352 e. The topological polar surface area (TPSA) is 29.0 Å². The molecule has 0 saturated carbocycles. The molecular formula is C14H17N3S. The molecule has 1 aliphatic rings. The van der Waals surface area contributed by atoms with E-state index in [2.05, 4.69) is 39.3 Å². The molecule has 1 aromatic heterocycles. The zero-order valence-electron chi connectivity index (χ0n) is 10.5. The highest BCUT2D eigenvalue weighted by Gasteiger charge is 2.26. The van der Waals surface area contributed by atoms with Gasteiger partial charge in [-0.05, 0) is 31.2 Å². The Kier molecular flexibility index (Phi) is 3.37. The first-order valence-electron chi connectivity index (χ1n) is 6.35. The maximum atomic E-state index is 4.53. The average molecular weight is 259 g/mol. The van der Waals surface area contributed by atoms with E-state index in [0.717, 1.165) is 17.9 Å². The van der Waals surface area contributed by atoms with E-state index in [4.69, 9.17) is 0 Å². The molecule has 0 radical (unpaired) electrons. The van der Waals surface area contributed by atoms with E-state index in [1.54, 1.807) is 6.33 Å². The van der Waals surface area contributed by atoms with E-state index < -0.39 is 0 Å². The number of benzene rings is 1. The maximum absolute atomic E-state index is 4.53. The maximum Gasteiger partial charge on any atom is 0.140 e. The SMILES string of the molecule is CSCC1CCCN1c1ncnc2ccccc12. The van der Waals surface area contributed by atoms with Gasteiger partial charge in [0.1, 0.15) is 12.1 Å². The van der Waals surface area contributed by atoms with Gasteiger partial charge < -0.3 is 4.90 Å². The summed E-state index contributed by atoms with van der Waals surface area (Å²) in [6, 6.07) is 8.90. The zero-order valence-corrected chi connectivity index (χ0v) is 11.4. The molecule has 0 aliphatic carbocycles. The summed E-state index contributed by atoms with van der Waals surface area (Å²) in [5, 5.41) is 1.17. The van der Waals surface area contributed by atoms with Gasteiger partial charge in [-0.1, -0.05) is 12.1 Å². The number of hydrogen-bond donors (Lipinski definition) is 0. The fourth-order valence-corrected chi connectivity index (χ4v) is 3.43. The minimum absolute atomic E-state index is 0.623. The van der Waals surface area contributed by atoms with Crippen LogP contribution in [0.2, 0.25) is 0 Å². The van der Waals surface area contributed by atoms with Crippen molar-refractivity contribution in [2.75, 3.05) is 23.5 Å². The van der Waals surface area contributed by atoms with Crippen LogP contribution in [0, 0.1) is 0 Å². The summed E-state index contributed by atoms with van der Waals surface area (Å²) in [4.78, 5) is 11.3. The van der Waals surface area contributed by atoms with Gasteiger partial charge in [0.25, 0.3) is 0 Å². The number of anilines is 1. The predicted octanol–water partition coefficient (Wildman–Crippen LogP) is 2.96. The molecule has 1 fully saturated rings. The molecule has 1 aromatic carbocycles. The summed E-state index contributed by atoms with van der Waals surface area (Å²) in [6.07, 6.45) is 6.41. The van der Waals surface area contributed by atoms with Crippen molar-refractivity contribution < 1.29 is 0 Å². The second-order valence-corrected chi connectivity index (χ2v) is 5.57. The zero-order chi connectivity index (χ0) is 12.4. The molecule has 94 valence electrons. The Morgan fingerprint density at radius 2 is 2.22 bits per heavy atom. The largest absolute Gasteiger partial charge is 0.352 e. The number of rotatable bonds is 3. The Bertz CT molecular complexity index is 538. The molecular weight excluding hydrogens is 242 g/mol. The molecule has 1 unspecified atom stereocenters. The Labute approximate surface area is 112 Å². The first-order chi connectivity index (χ1) is 8.90. The van der Waals surface area contributed by atoms with Crippen molar-refractivity contribution in [1.29, 1.82) is 0 Å². The van der Waals surface area contributed by atoms with Crippen LogP contribution in [0.15, 0.2) is 30.6 Å². The van der Waals surface area contributed by atoms with Crippen LogP contribution in [0.3, 0.4) is 0 Å². The molecule has 0 spiro atoms. The summed E-state index contributed by atoms with van der Waals surface area (Å²) < 4.78 is 0. The van der Waals surface area contributed by atoms with Gasteiger partial charge in [0.05, 0.1) is 5.52 Å². The van der Waals surface area contributed by atoms with E-state index in [-0.39, 0.29) is 0 Å². The van der Waals surface area contributed by atoms with Crippen molar-refractivity contribution in [3.8, 4) is 0 Å². The molecule has 3 nitrogen and oxygen atoms in total. The van der Waals surface area contributed by atoms with E-state index in [9.17, 15) is 0 Å². The Balaban J connectivity index is 2.03. The van der Waals surface area contributed by atoms with Gasteiger partial charge in [-0.25, -0.2) is 9.97 Å². The molecule has 18 heavy (non-hydrogen) atoms. The van der Waals surface area contributed by atoms with E-state index in [1.165, 1.54) is 24.0 Å². The van der Waals surface area contributed by atoms with Gasteiger partial charge in [-0.15, -0.1) is 0 Å². The fourth-order valence-electron chi connectivity index (χ4n) is 2.70. The lowest BCUT2D eigenvalue weighted by molar-refractivity contribution is 0.739. The molecule has 0 amide bonds. The normalized spacial score (nSPS) is 19.6. The van der Waals surface area contributed by atoms with Gasteiger partial charge >= 0.3 is 0 Å². The highest BCUT2D eigenvalue weighted by molar-refractivity contribution is 7.98. The molecule has 3 rings (SSSR count). The van der Waals surface area contributed by atoms with Crippen molar-refractivity contribution in [3.05, 3.63) is 30.6 Å². The van der Waals surface area contributed by atoms with Crippen molar-refractivity contribution in [2.45, 2.75) is 18.9 Å². The van der Waals surface area contributed by atoms with E-state index in [1.807, 2.05) is 17.8 Å². The summed E-state index contributed by atoms with van der Waals surface area (Å²) >= 11 is 1.92. The Hall–Kier alpha value is -1.29. The number of nitrogens with zero attached hydrogens (tertiary/aromatic N) is 3. The van der Waals surface area contributed by atoms with Crippen LogP contribution in [0.5, 0.6) is 0 Å². The Morgan fingerprint density at radius 3 is 3.11 bits per heavy atom. The van der Waals surface area contributed by atoms with Crippen LogP contribution in [0.1, 0.15) is 12.8 Å². The monoisotopic (exact) mass is 259 g/mol. The van der Waals surface area contributed by atoms with Gasteiger partial charge in [0, 0.05) is 23.7 Å². The highest BCUT2D eigenvalue weighted by atomic mass is 32.2. The van der Waals surface area contributed by atoms with Crippen molar-refractivity contribution >= 4 is 28.5 Å². The average Bonchev–Trinajstić information content (AvgIpc) is 2.87. The molecule has 2 aromatic rings. The first-order valence-corrected chi connectivity index (χ1v) is 7.75. The van der Waals surface area contributed by atoms with Crippen LogP contribution in [0.25, 0.3) is 10.9 Å². The van der Waals surface area contributed by atoms with Gasteiger partial charge in [0.15, 0.2) is 0 Å². The molecule has 1 atom stereocenters. The quantitative estimate of drug-likeness (QED) is 0.847. The smallest absolute Gasteiger partial charge is 0.140 e. The number of para-hydroxylation sites is 1. The van der Waals surface area contributed by atoms with Gasteiger partial charge in [-0.2, -0.15) is 11.8 Å². The third-order valence-electron chi connectivity index (χ3n) is 3.53. The third-order valence-corrected chi connectivity index (χ3v) is 4.25. The second-order valence-electron chi connectivity index (χ2n) is 4.66. The molecule has 1 aliphatic heterocycles. The lowest BCUT2D eigenvalue weighted by Crippen LogP contribution is -2.32. The lowest BCUT2D eigenvalue weighted by atomic mass is 10.2. The number of fused-ring (bicyclic) bond motifs is 1. The van der Waals surface area contributed by atoms with Crippen molar-refractivity contribution in [1.82, 2.24) is 9.97 Å². The Morgan fingerprint density at radius 1 is 1.33 bits per heavy atom. The molecule has 0 N–H and O–H groups in total. The standard InChI is InChI=1S/C14H17N3S/c1-18-9-11-5-4-8-17(11)14-12-6-2-3-7-13(12)15-10-16-14/h2-3,6-7,10-11H,4-5,8-9H2,1H3. The van der Waals surface area contributed by atoms with Crippen molar-refractivity contribution in [3.63, 3.8) is 0 Å². The van der Waals surface area contributed by atoms with Crippen molar-refractivity contribution in [2.24, 2.45) is 0 Å².